The second kappa shape index (κ2) is 8.08. The van der Waals surface area contributed by atoms with Gasteiger partial charge >= 0.3 is 0 Å². The molecule has 0 radical (unpaired) electrons. The predicted octanol–water partition coefficient (Wildman–Crippen LogP) is 0.129. The van der Waals surface area contributed by atoms with Crippen LogP contribution in [0.5, 0.6) is 0 Å². The quantitative estimate of drug-likeness (QED) is 0.652. The van der Waals surface area contributed by atoms with Crippen LogP contribution in [-0.4, -0.2) is 50.2 Å². The molecule has 0 bridgehead atoms. The minimum atomic E-state index is 0.191. The van der Waals surface area contributed by atoms with E-state index in [-0.39, 0.29) is 5.91 Å². The van der Waals surface area contributed by atoms with E-state index >= 15 is 0 Å². The zero-order chi connectivity index (χ0) is 11.6. The molecule has 90 valence electrons. The van der Waals surface area contributed by atoms with Crippen LogP contribution in [0, 0.1) is 11.3 Å². The number of carbonyl (C=O) groups is 1. The Hall–Kier alpha value is -1.12. The summed E-state index contributed by atoms with van der Waals surface area (Å²) in [4.78, 5) is 13.5. The topological polar surface area (TPSA) is 65.4 Å². The molecule has 0 aliphatic carbocycles. The van der Waals surface area contributed by atoms with Gasteiger partial charge in [-0.25, -0.2) is 0 Å². The number of morpholine rings is 1. The highest BCUT2D eigenvalue weighted by Gasteiger charge is 2.15. The molecule has 1 heterocycles. The first-order valence-electron chi connectivity index (χ1n) is 5.78. The lowest BCUT2D eigenvalue weighted by Crippen LogP contribution is -2.41. The molecule has 5 nitrogen and oxygen atoms in total. The Balaban J connectivity index is 1.99. The first-order chi connectivity index (χ1) is 7.84. The van der Waals surface area contributed by atoms with Gasteiger partial charge in [-0.15, -0.1) is 0 Å². The molecule has 1 amide bonds. The molecule has 0 atom stereocenters. The van der Waals surface area contributed by atoms with Crippen LogP contribution >= 0.6 is 0 Å². The second-order valence-corrected chi connectivity index (χ2v) is 3.75. The van der Waals surface area contributed by atoms with E-state index in [0.717, 1.165) is 13.0 Å². The monoisotopic (exact) mass is 225 g/mol. The summed E-state index contributed by atoms with van der Waals surface area (Å²) >= 11 is 0. The normalized spacial score (nSPS) is 15.8. The Morgan fingerprint density at radius 2 is 2.12 bits per heavy atom. The summed E-state index contributed by atoms with van der Waals surface area (Å²) in [5.74, 6) is 0.191. The molecule has 16 heavy (non-hydrogen) atoms. The Morgan fingerprint density at radius 3 is 2.81 bits per heavy atom. The third kappa shape index (κ3) is 5.10. The fourth-order valence-electron chi connectivity index (χ4n) is 1.58. The van der Waals surface area contributed by atoms with E-state index in [0.29, 0.717) is 45.7 Å². The first-order valence-corrected chi connectivity index (χ1v) is 5.78. The fourth-order valence-corrected chi connectivity index (χ4v) is 1.58. The van der Waals surface area contributed by atoms with Gasteiger partial charge in [-0.2, -0.15) is 5.26 Å². The van der Waals surface area contributed by atoms with Gasteiger partial charge in [-0.1, -0.05) is 0 Å². The van der Waals surface area contributed by atoms with Crippen molar-refractivity contribution in [3.8, 4) is 6.07 Å². The Labute approximate surface area is 96.4 Å². The SMILES string of the molecule is N#CCCCNCCC(=O)N1CCOCC1. The molecule has 0 aromatic rings. The number of amides is 1. The van der Waals surface area contributed by atoms with Crippen LogP contribution in [0.1, 0.15) is 19.3 Å². The van der Waals surface area contributed by atoms with Gasteiger partial charge in [0.15, 0.2) is 0 Å². The van der Waals surface area contributed by atoms with Crippen molar-refractivity contribution in [1.82, 2.24) is 10.2 Å². The van der Waals surface area contributed by atoms with Crippen LogP contribution in [0.25, 0.3) is 0 Å². The van der Waals surface area contributed by atoms with Crippen LogP contribution < -0.4 is 5.32 Å². The highest BCUT2D eigenvalue weighted by Crippen LogP contribution is 1.99. The number of ether oxygens (including phenoxy) is 1. The van der Waals surface area contributed by atoms with Crippen LogP contribution in [0.3, 0.4) is 0 Å². The van der Waals surface area contributed by atoms with Crippen molar-refractivity contribution in [1.29, 1.82) is 5.26 Å². The molecule has 0 aromatic carbocycles. The maximum atomic E-state index is 11.7. The third-order valence-electron chi connectivity index (χ3n) is 2.52. The molecule has 1 saturated heterocycles. The Morgan fingerprint density at radius 1 is 1.38 bits per heavy atom. The Bertz CT molecular complexity index is 244. The summed E-state index contributed by atoms with van der Waals surface area (Å²) in [6.07, 6.45) is 1.96. The maximum absolute atomic E-state index is 11.7. The van der Waals surface area contributed by atoms with Crippen molar-refractivity contribution in [2.45, 2.75) is 19.3 Å². The lowest BCUT2D eigenvalue weighted by Gasteiger charge is -2.26. The lowest BCUT2D eigenvalue weighted by molar-refractivity contribution is -0.135. The van der Waals surface area contributed by atoms with E-state index < -0.39 is 0 Å². The maximum Gasteiger partial charge on any atom is 0.224 e. The van der Waals surface area contributed by atoms with Crippen molar-refractivity contribution in [3.63, 3.8) is 0 Å². The highest BCUT2D eigenvalue weighted by atomic mass is 16.5. The van der Waals surface area contributed by atoms with Crippen molar-refractivity contribution in [2.75, 3.05) is 39.4 Å². The number of nitrogens with one attached hydrogen (secondary N) is 1. The minimum absolute atomic E-state index is 0.191. The van der Waals surface area contributed by atoms with Crippen LogP contribution in [-0.2, 0) is 9.53 Å². The summed E-state index contributed by atoms with van der Waals surface area (Å²) in [5.41, 5.74) is 0. The van der Waals surface area contributed by atoms with Crippen molar-refractivity contribution in [2.24, 2.45) is 0 Å². The van der Waals surface area contributed by atoms with E-state index in [9.17, 15) is 4.79 Å². The van der Waals surface area contributed by atoms with Crippen molar-refractivity contribution < 1.29 is 9.53 Å². The Kier molecular flexibility index (Phi) is 6.54. The largest absolute Gasteiger partial charge is 0.378 e. The number of unbranched alkanes of at least 4 members (excludes halogenated alkanes) is 1. The average molecular weight is 225 g/mol. The second-order valence-electron chi connectivity index (χ2n) is 3.75. The molecule has 0 spiro atoms. The first kappa shape index (κ1) is 12.9. The average Bonchev–Trinajstić information content (AvgIpc) is 2.34. The molecule has 1 aliphatic rings. The fraction of sp³-hybridized carbons (Fsp3) is 0.818. The molecule has 1 aliphatic heterocycles. The lowest BCUT2D eigenvalue weighted by atomic mass is 10.3. The minimum Gasteiger partial charge on any atom is -0.378 e. The zero-order valence-electron chi connectivity index (χ0n) is 9.57. The third-order valence-corrected chi connectivity index (χ3v) is 2.52. The number of hydrogen-bond acceptors (Lipinski definition) is 4. The smallest absolute Gasteiger partial charge is 0.224 e. The molecule has 1 rings (SSSR count). The van der Waals surface area contributed by atoms with Gasteiger partial charge in [0, 0.05) is 32.5 Å². The molecule has 0 aromatic heterocycles. The number of nitrogens with zero attached hydrogens (tertiary/aromatic N) is 2. The molecule has 0 unspecified atom stereocenters. The standard InChI is InChI=1S/C11H19N3O2/c12-4-1-2-5-13-6-3-11(15)14-7-9-16-10-8-14/h13H,1-3,5-10H2. The number of carbonyl (C=O) groups excluding carboxylic acids is 1. The van der Waals surface area contributed by atoms with Crippen molar-refractivity contribution >= 4 is 5.91 Å². The van der Waals surface area contributed by atoms with Crippen LogP contribution in [0.4, 0.5) is 0 Å². The molecule has 1 fully saturated rings. The van der Waals surface area contributed by atoms with Crippen LogP contribution in [0.2, 0.25) is 0 Å². The number of rotatable bonds is 6. The molecule has 1 N–H and O–H groups in total. The van der Waals surface area contributed by atoms with E-state index in [2.05, 4.69) is 11.4 Å². The predicted molar refractivity (Wildman–Crippen MR) is 59.7 cm³/mol. The van der Waals surface area contributed by atoms with Crippen molar-refractivity contribution in [3.05, 3.63) is 0 Å². The van der Waals surface area contributed by atoms with Gasteiger partial charge in [0.1, 0.15) is 0 Å². The number of nitriles is 1. The highest BCUT2D eigenvalue weighted by molar-refractivity contribution is 5.76. The van der Waals surface area contributed by atoms with E-state index in [4.69, 9.17) is 10.00 Å². The molecular formula is C11H19N3O2. The summed E-state index contributed by atoms with van der Waals surface area (Å²) in [5, 5.41) is 11.5. The summed E-state index contributed by atoms with van der Waals surface area (Å²) in [7, 11) is 0. The molecule has 0 saturated carbocycles. The summed E-state index contributed by atoms with van der Waals surface area (Å²) in [6.45, 7) is 4.24. The van der Waals surface area contributed by atoms with Gasteiger partial charge in [0.25, 0.3) is 0 Å². The number of hydrogen-bond donors (Lipinski definition) is 1. The van der Waals surface area contributed by atoms with Gasteiger partial charge in [0.2, 0.25) is 5.91 Å². The van der Waals surface area contributed by atoms with E-state index in [1.54, 1.807) is 0 Å². The summed E-state index contributed by atoms with van der Waals surface area (Å²) < 4.78 is 5.18. The van der Waals surface area contributed by atoms with E-state index in [1.165, 1.54) is 0 Å². The van der Waals surface area contributed by atoms with E-state index in [1.807, 2.05) is 4.90 Å². The zero-order valence-corrected chi connectivity index (χ0v) is 9.57. The van der Waals surface area contributed by atoms with Gasteiger partial charge in [0.05, 0.1) is 19.3 Å². The van der Waals surface area contributed by atoms with Gasteiger partial charge in [-0.05, 0) is 13.0 Å². The summed E-state index contributed by atoms with van der Waals surface area (Å²) in [6, 6.07) is 2.09. The van der Waals surface area contributed by atoms with Crippen LogP contribution in [0.15, 0.2) is 0 Å². The molecular weight excluding hydrogens is 206 g/mol. The molecule has 5 heteroatoms. The van der Waals surface area contributed by atoms with Gasteiger partial charge in [-0.3, -0.25) is 4.79 Å². The van der Waals surface area contributed by atoms with Gasteiger partial charge < -0.3 is 15.0 Å².